The Bertz CT molecular complexity index is 303. The molecule has 0 saturated heterocycles. The summed E-state index contributed by atoms with van der Waals surface area (Å²) in [5, 5.41) is 0. The third-order valence-electron chi connectivity index (χ3n) is 3.49. The highest BCUT2D eigenvalue weighted by Crippen LogP contribution is 2.36. The van der Waals surface area contributed by atoms with Crippen molar-refractivity contribution in [2.45, 2.75) is 53.2 Å². The van der Waals surface area contributed by atoms with Crippen molar-refractivity contribution in [3.8, 4) is 0 Å². The molecule has 0 amide bonds. The van der Waals surface area contributed by atoms with E-state index in [2.05, 4.69) is 0 Å². The maximum Gasteiger partial charge on any atom is 0.218 e. The van der Waals surface area contributed by atoms with E-state index in [1.165, 1.54) is 0 Å². The maximum absolute atomic E-state index is 12.3. The molecule has 1 saturated carbocycles. The van der Waals surface area contributed by atoms with Crippen LogP contribution in [0.3, 0.4) is 0 Å². The lowest BCUT2D eigenvalue weighted by Gasteiger charge is -2.34. The van der Waals surface area contributed by atoms with Crippen LogP contribution in [0.5, 0.6) is 0 Å². The van der Waals surface area contributed by atoms with Crippen molar-refractivity contribution >= 4 is 11.6 Å². The van der Waals surface area contributed by atoms with Crippen LogP contribution in [0.25, 0.3) is 0 Å². The van der Waals surface area contributed by atoms with E-state index in [9.17, 15) is 9.59 Å². The molecule has 1 rings (SSSR count). The molecule has 104 valence electrons. The monoisotopic (exact) mass is 256 g/mol. The van der Waals surface area contributed by atoms with Crippen LogP contribution in [0.2, 0.25) is 0 Å². The van der Waals surface area contributed by atoms with Crippen molar-refractivity contribution in [3.63, 3.8) is 0 Å². The quantitative estimate of drug-likeness (QED) is 0.540. The molecule has 18 heavy (non-hydrogen) atoms. The van der Waals surface area contributed by atoms with Gasteiger partial charge in [0.2, 0.25) is 6.29 Å². The summed E-state index contributed by atoms with van der Waals surface area (Å²) >= 11 is 0. The molecule has 1 fully saturated rings. The zero-order valence-electron chi connectivity index (χ0n) is 11.8. The Hall–Kier alpha value is -0.740. The molecule has 1 unspecified atom stereocenters. The van der Waals surface area contributed by atoms with E-state index in [1.807, 2.05) is 27.7 Å². The Labute approximate surface area is 109 Å². The van der Waals surface area contributed by atoms with Gasteiger partial charge >= 0.3 is 0 Å². The zero-order valence-corrected chi connectivity index (χ0v) is 11.8. The summed E-state index contributed by atoms with van der Waals surface area (Å²) in [5.41, 5.74) is -0.401. The average Bonchev–Trinajstić information content (AvgIpc) is 2.31. The Balaban J connectivity index is 2.77. The molecule has 0 aromatic rings. The minimum Gasteiger partial charge on any atom is -0.346 e. The molecule has 0 aromatic heterocycles. The Morgan fingerprint density at radius 1 is 1.33 bits per heavy atom. The van der Waals surface area contributed by atoms with Gasteiger partial charge in [-0.25, -0.2) is 0 Å². The molecule has 1 aliphatic rings. The van der Waals surface area contributed by atoms with Gasteiger partial charge in [-0.15, -0.1) is 0 Å². The van der Waals surface area contributed by atoms with Crippen molar-refractivity contribution in [1.82, 2.24) is 0 Å². The second-order valence-electron chi connectivity index (χ2n) is 5.34. The summed E-state index contributed by atoms with van der Waals surface area (Å²) in [6.07, 6.45) is 1.49. The number of carbonyl (C=O) groups excluding carboxylic acids is 2. The fourth-order valence-electron chi connectivity index (χ4n) is 2.42. The third kappa shape index (κ3) is 3.39. The average molecular weight is 256 g/mol. The summed E-state index contributed by atoms with van der Waals surface area (Å²) in [6, 6.07) is 0. The molecule has 0 heterocycles. The highest BCUT2D eigenvalue weighted by molar-refractivity contribution is 6.06. The Morgan fingerprint density at radius 2 is 1.89 bits per heavy atom. The predicted octanol–water partition coefficient (Wildman–Crippen LogP) is 2.35. The summed E-state index contributed by atoms with van der Waals surface area (Å²) in [7, 11) is 0. The molecule has 4 nitrogen and oxygen atoms in total. The normalized spacial score (nSPS) is 23.4. The van der Waals surface area contributed by atoms with E-state index in [4.69, 9.17) is 9.47 Å². The minimum absolute atomic E-state index is 0.0307. The van der Waals surface area contributed by atoms with Crippen LogP contribution in [-0.4, -0.2) is 31.1 Å². The lowest BCUT2D eigenvalue weighted by Crippen LogP contribution is -2.44. The van der Waals surface area contributed by atoms with E-state index in [0.717, 1.165) is 12.8 Å². The first-order chi connectivity index (χ1) is 8.44. The SMILES string of the molecule is CCOC(OCC)C(=O)C1CCCC(C)(C)C1=O. The van der Waals surface area contributed by atoms with Gasteiger partial charge in [-0.1, -0.05) is 20.3 Å². The molecular formula is C14H24O4. The summed E-state index contributed by atoms with van der Waals surface area (Å²) in [4.78, 5) is 24.6. The number of ketones is 2. The van der Waals surface area contributed by atoms with Crippen molar-refractivity contribution in [3.05, 3.63) is 0 Å². The molecule has 0 aliphatic heterocycles. The lowest BCUT2D eigenvalue weighted by atomic mass is 9.69. The summed E-state index contributed by atoms with van der Waals surface area (Å²) in [6.45, 7) is 8.25. The molecule has 0 aromatic carbocycles. The van der Waals surface area contributed by atoms with Crippen LogP contribution in [0.1, 0.15) is 47.0 Å². The van der Waals surface area contributed by atoms with Crippen molar-refractivity contribution < 1.29 is 19.1 Å². The first kappa shape index (κ1) is 15.3. The molecule has 1 atom stereocenters. The van der Waals surface area contributed by atoms with Gasteiger partial charge in [0.15, 0.2) is 5.78 Å². The largest absolute Gasteiger partial charge is 0.346 e. The number of rotatable bonds is 6. The first-order valence-corrected chi connectivity index (χ1v) is 6.75. The number of Topliss-reactive ketones (excluding diaryl/α,β-unsaturated/α-hetero) is 2. The molecule has 0 radical (unpaired) electrons. The maximum atomic E-state index is 12.3. The topological polar surface area (TPSA) is 52.6 Å². The van der Waals surface area contributed by atoms with E-state index < -0.39 is 17.6 Å². The molecular weight excluding hydrogens is 232 g/mol. The van der Waals surface area contributed by atoms with E-state index >= 15 is 0 Å². The number of hydrogen-bond acceptors (Lipinski definition) is 4. The van der Waals surface area contributed by atoms with Gasteiger partial charge in [0.1, 0.15) is 5.78 Å². The molecule has 0 spiro atoms. The Kier molecular flexibility index (Phi) is 5.47. The van der Waals surface area contributed by atoms with Crippen LogP contribution in [0.15, 0.2) is 0 Å². The van der Waals surface area contributed by atoms with E-state index in [-0.39, 0.29) is 11.6 Å². The smallest absolute Gasteiger partial charge is 0.218 e. The van der Waals surface area contributed by atoms with Crippen molar-refractivity contribution in [2.24, 2.45) is 11.3 Å². The van der Waals surface area contributed by atoms with Crippen LogP contribution in [0, 0.1) is 11.3 Å². The highest BCUT2D eigenvalue weighted by atomic mass is 16.7. The van der Waals surface area contributed by atoms with Crippen LogP contribution < -0.4 is 0 Å². The van der Waals surface area contributed by atoms with E-state index in [0.29, 0.717) is 19.6 Å². The number of hydrogen-bond donors (Lipinski definition) is 0. The van der Waals surface area contributed by atoms with Gasteiger partial charge in [-0.05, 0) is 26.7 Å². The summed E-state index contributed by atoms with van der Waals surface area (Å²) in [5.74, 6) is -0.739. The third-order valence-corrected chi connectivity index (χ3v) is 3.49. The molecule has 1 aliphatic carbocycles. The predicted molar refractivity (Wildman–Crippen MR) is 68.2 cm³/mol. The van der Waals surface area contributed by atoms with Crippen LogP contribution in [-0.2, 0) is 19.1 Å². The summed E-state index contributed by atoms with van der Waals surface area (Å²) < 4.78 is 10.6. The zero-order chi connectivity index (χ0) is 13.8. The fourth-order valence-corrected chi connectivity index (χ4v) is 2.42. The number of ether oxygens (including phenoxy) is 2. The van der Waals surface area contributed by atoms with Crippen LogP contribution in [0.4, 0.5) is 0 Å². The molecule has 4 heteroatoms. The lowest BCUT2D eigenvalue weighted by molar-refractivity contribution is -0.175. The van der Waals surface area contributed by atoms with Gasteiger partial charge in [0, 0.05) is 18.6 Å². The first-order valence-electron chi connectivity index (χ1n) is 6.75. The van der Waals surface area contributed by atoms with Gasteiger partial charge < -0.3 is 9.47 Å². The fraction of sp³-hybridized carbons (Fsp3) is 0.857. The molecule has 0 N–H and O–H groups in total. The minimum atomic E-state index is -0.886. The highest BCUT2D eigenvalue weighted by Gasteiger charge is 2.43. The Morgan fingerprint density at radius 3 is 2.39 bits per heavy atom. The van der Waals surface area contributed by atoms with Gasteiger partial charge in [0.05, 0.1) is 5.92 Å². The van der Waals surface area contributed by atoms with Crippen LogP contribution >= 0.6 is 0 Å². The second kappa shape index (κ2) is 6.43. The van der Waals surface area contributed by atoms with E-state index in [1.54, 1.807) is 0 Å². The van der Waals surface area contributed by atoms with Gasteiger partial charge in [-0.2, -0.15) is 0 Å². The number of carbonyl (C=O) groups is 2. The standard InChI is InChI=1S/C14H24O4/c1-5-17-13(18-6-2)11(15)10-8-7-9-14(3,4)12(10)16/h10,13H,5-9H2,1-4H3. The van der Waals surface area contributed by atoms with Crippen molar-refractivity contribution in [2.75, 3.05) is 13.2 Å². The van der Waals surface area contributed by atoms with Crippen molar-refractivity contribution in [1.29, 1.82) is 0 Å². The van der Waals surface area contributed by atoms with Gasteiger partial charge in [0.25, 0.3) is 0 Å². The second-order valence-corrected chi connectivity index (χ2v) is 5.34. The molecule has 0 bridgehead atoms. The van der Waals surface area contributed by atoms with Gasteiger partial charge in [-0.3, -0.25) is 9.59 Å².